The van der Waals surface area contributed by atoms with Crippen LogP contribution in [0.3, 0.4) is 0 Å². The summed E-state index contributed by atoms with van der Waals surface area (Å²) in [7, 11) is 0. The lowest BCUT2D eigenvalue weighted by atomic mass is 10.1. The van der Waals surface area contributed by atoms with Crippen molar-refractivity contribution in [1.82, 2.24) is 5.43 Å². The van der Waals surface area contributed by atoms with E-state index < -0.39 is 28.2 Å². The molecule has 1 aliphatic rings. The first-order valence-corrected chi connectivity index (χ1v) is 6.87. The summed E-state index contributed by atoms with van der Waals surface area (Å²) in [5.41, 5.74) is 2.16. The molecular weight excluding hydrogens is 314 g/mol. The van der Waals surface area contributed by atoms with E-state index in [2.05, 4.69) is 5.43 Å². The first kappa shape index (κ1) is 15.2. The van der Waals surface area contributed by atoms with Crippen molar-refractivity contribution < 1.29 is 19.6 Å². The molecule has 0 spiro atoms. The average Bonchev–Trinajstić information content (AvgIpc) is 2.85. The van der Waals surface area contributed by atoms with Crippen molar-refractivity contribution >= 4 is 29.3 Å². The molecule has 2 aromatic carbocycles. The average molecular weight is 325 g/mol. The van der Waals surface area contributed by atoms with Crippen molar-refractivity contribution in [2.75, 3.05) is 5.01 Å². The van der Waals surface area contributed by atoms with Crippen molar-refractivity contribution in [3.05, 3.63) is 69.8 Å². The zero-order valence-corrected chi connectivity index (χ0v) is 12.2. The minimum Gasteiger partial charge on any atom is -0.502 e. The Morgan fingerprint density at radius 1 is 1.08 bits per heavy atom. The van der Waals surface area contributed by atoms with Crippen LogP contribution in [0.1, 0.15) is 5.56 Å². The van der Waals surface area contributed by atoms with E-state index in [-0.39, 0.29) is 11.1 Å². The monoisotopic (exact) mass is 325 g/mol. The second-order valence-corrected chi connectivity index (χ2v) is 4.95. The quantitative estimate of drug-likeness (QED) is 0.386. The summed E-state index contributed by atoms with van der Waals surface area (Å²) in [6.45, 7) is 0. The lowest BCUT2D eigenvalue weighted by molar-refractivity contribution is -0.385. The fraction of sp³-hybridized carbons (Fsp3) is 0. The molecule has 2 aromatic rings. The van der Waals surface area contributed by atoms with Crippen LogP contribution in [0.5, 0.6) is 5.75 Å². The number of rotatable bonds is 3. The van der Waals surface area contributed by atoms with Gasteiger partial charge in [-0.15, -0.1) is 0 Å². The summed E-state index contributed by atoms with van der Waals surface area (Å²) >= 11 is 0. The number of amides is 2. The van der Waals surface area contributed by atoms with Gasteiger partial charge in [0.1, 0.15) is 5.57 Å². The summed E-state index contributed by atoms with van der Waals surface area (Å²) < 4.78 is 0. The zero-order valence-electron chi connectivity index (χ0n) is 12.2. The molecule has 24 heavy (non-hydrogen) atoms. The highest BCUT2D eigenvalue weighted by molar-refractivity contribution is 6.31. The highest BCUT2D eigenvalue weighted by Gasteiger charge is 2.34. The number of hydrogen-bond donors (Lipinski definition) is 2. The fourth-order valence-electron chi connectivity index (χ4n) is 2.28. The molecule has 1 fully saturated rings. The van der Waals surface area contributed by atoms with E-state index in [9.17, 15) is 24.8 Å². The van der Waals surface area contributed by atoms with E-state index >= 15 is 0 Å². The third kappa shape index (κ3) is 2.56. The lowest BCUT2D eigenvalue weighted by Crippen LogP contribution is -2.35. The van der Waals surface area contributed by atoms with E-state index in [1.54, 1.807) is 30.3 Å². The second kappa shape index (κ2) is 5.84. The van der Waals surface area contributed by atoms with Crippen LogP contribution in [0.2, 0.25) is 0 Å². The molecule has 8 heteroatoms. The van der Waals surface area contributed by atoms with Gasteiger partial charge < -0.3 is 5.11 Å². The van der Waals surface area contributed by atoms with Gasteiger partial charge >= 0.3 is 5.69 Å². The van der Waals surface area contributed by atoms with Gasteiger partial charge in [-0.05, 0) is 18.2 Å². The number of carbonyl (C=O) groups is 2. The molecule has 0 aromatic heterocycles. The van der Waals surface area contributed by atoms with Gasteiger partial charge in [0.2, 0.25) is 5.75 Å². The number of phenols is 1. The first-order chi connectivity index (χ1) is 11.5. The number of para-hydroxylation sites is 2. The van der Waals surface area contributed by atoms with Crippen molar-refractivity contribution in [2.24, 2.45) is 0 Å². The number of benzene rings is 2. The summed E-state index contributed by atoms with van der Waals surface area (Å²) in [5.74, 6) is -1.87. The first-order valence-electron chi connectivity index (χ1n) is 6.87. The van der Waals surface area contributed by atoms with E-state index in [0.717, 1.165) is 17.2 Å². The van der Waals surface area contributed by atoms with Crippen molar-refractivity contribution in [2.45, 2.75) is 0 Å². The van der Waals surface area contributed by atoms with Gasteiger partial charge in [0.15, 0.2) is 0 Å². The van der Waals surface area contributed by atoms with E-state index in [1.807, 2.05) is 0 Å². The van der Waals surface area contributed by atoms with Gasteiger partial charge in [-0.25, -0.2) is 5.01 Å². The molecule has 0 bridgehead atoms. The highest BCUT2D eigenvalue weighted by Crippen LogP contribution is 2.31. The Kier molecular flexibility index (Phi) is 3.70. The van der Waals surface area contributed by atoms with Crippen LogP contribution in [0.25, 0.3) is 6.08 Å². The maximum absolute atomic E-state index is 12.4. The van der Waals surface area contributed by atoms with E-state index in [1.165, 1.54) is 12.1 Å². The van der Waals surface area contributed by atoms with Crippen LogP contribution >= 0.6 is 0 Å². The normalized spacial score (nSPS) is 15.7. The summed E-state index contributed by atoms with van der Waals surface area (Å²) in [4.78, 5) is 34.6. The predicted molar refractivity (Wildman–Crippen MR) is 84.8 cm³/mol. The third-order valence-electron chi connectivity index (χ3n) is 3.45. The van der Waals surface area contributed by atoms with Crippen LogP contribution in [0, 0.1) is 10.1 Å². The van der Waals surface area contributed by atoms with Gasteiger partial charge in [-0.2, -0.15) is 0 Å². The smallest absolute Gasteiger partial charge is 0.311 e. The van der Waals surface area contributed by atoms with Gasteiger partial charge in [0.25, 0.3) is 11.8 Å². The number of nitro groups is 1. The standard InChI is InChI=1S/C16H11N3O5/c20-14-10(5-4-8-13(14)19(23)24)9-12-15(21)17-18(16(12)22)11-6-2-1-3-7-11/h1-9,20H,(H,17,21)/b12-9-. The number of hydrazine groups is 1. The number of nitrogens with zero attached hydrogens (tertiary/aromatic N) is 2. The number of aromatic hydroxyl groups is 1. The van der Waals surface area contributed by atoms with Gasteiger partial charge in [-0.3, -0.25) is 25.1 Å². The van der Waals surface area contributed by atoms with Gasteiger partial charge in [0, 0.05) is 11.6 Å². The number of hydrogen-bond acceptors (Lipinski definition) is 5. The molecule has 2 amide bonds. The van der Waals surface area contributed by atoms with Crippen LogP contribution in [-0.2, 0) is 9.59 Å². The minimum absolute atomic E-state index is 0.0117. The summed E-state index contributed by atoms with van der Waals surface area (Å²) in [6.07, 6.45) is 1.13. The topological polar surface area (TPSA) is 113 Å². The highest BCUT2D eigenvalue weighted by atomic mass is 16.6. The van der Waals surface area contributed by atoms with Crippen molar-refractivity contribution in [3.63, 3.8) is 0 Å². The Morgan fingerprint density at radius 3 is 2.46 bits per heavy atom. The maximum atomic E-state index is 12.4. The molecular formula is C16H11N3O5. The van der Waals surface area contributed by atoms with E-state index in [4.69, 9.17) is 0 Å². The Bertz CT molecular complexity index is 877. The maximum Gasteiger partial charge on any atom is 0.311 e. The third-order valence-corrected chi connectivity index (χ3v) is 3.45. The Hall–Kier alpha value is -3.68. The SMILES string of the molecule is O=C1NN(c2ccccc2)C(=O)/C1=C\c1cccc([N+](=O)[O-])c1O. The molecule has 120 valence electrons. The molecule has 0 atom stereocenters. The molecule has 0 unspecified atom stereocenters. The zero-order chi connectivity index (χ0) is 17.3. The lowest BCUT2D eigenvalue weighted by Gasteiger charge is -2.13. The Labute approximate surface area is 135 Å². The van der Waals surface area contributed by atoms with Crippen LogP contribution < -0.4 is 10.4 Å². The van der Waals surface area contributed by atoms with Gasteiger partial charge in [0.05, 0.1) is 10.6 Å². The van der Waals surface area contributed by atoms with Crippen LogP contribution in [0.4, 0.5) is 11.4 Å². The molecule has 0 radical (unpaired) electrons. The number of phenolic OH excluding ortho intramolecular Hbond substituents is 1. The largest absolute Gasteiger partial charge is 0.502 e. The number of nitro benzene ring substituents is 1. The molecule has 3 rings (SSSR count). The molecule has 8 nitrogen and oxygen atoms in total. The summed E-state index contributed by atoms with van der Waals surface area (Å²) in [6, 6.07) is 12.3. The number of carbonyl (C=O) groups excluding carboxylic acids is 2. The Balaban J connectivity index is 2.00. The number of nitrogens with one attached hydrogen (secondary N) is 1. The second-order valence-electron chi connectivity index (χ2n) is 4.95. The Morgan fingerprint density at radius 2 is 1.79 bits per heavy atom. The molecule has 1 heterocycles. The van der Waals surface area contributed by atoms with E-state index in [0.29, 0.717) is 5.69 Å². The fourth-order valence-corrected chi connectivity index (χ4v) is 2.28. The molecule has 1 saturated heterocycles. The predicted octanol–water partition coefficient (Wildman–Crippen LogP) is 1.76. The molecule has 0 aliphatic carbocycles. The molecule has 0 saturated carbocycles. The number of anilines is 1. The summed E-state index contributed by atoms with van der Waals surface area (Å²) in [5, 5.41) is 21.9. The molecule has 2 N–H and O–H groups in total. The van der Waals surface area contributed by atoms with Gasteiger partial charge in [-0.1, -0.05) is 30.3 Å². The van der Waals surface area contributed by atoms with Crippen LogP contribution in [-0.4, -0.2) is 21.8 Å². The van der Waals surface area contributed by atoms with Crippen molar-refractivity contribution in [3.8, 4) is 5.75 Å². The minimum atomic E-state index is -0.746. The van der Waals surface area contributed by atoms with Crippen molar-refractivity contribution in [1.29, 1.82) is 0 Å². The van der Waals surface area contributed by atoms with Crippen LogP contribution in [0.15, 0.2) is 54.1 Å². The molecule has 1 aliphatic heterocycles.